The number of carbonyl (C=O) groups is 3. The van der Waals surface area contributed by atoms with Crippen LogP contribution in [0, 0.1) is 12.8 Å². The fourth-order valence-corrected chi connectivity index (χ4v) is 2.95. The van der Waals surface area contributed by atoms with Crippen LogP contribution in [0.1, 0.15) is 22.3 Å². The number of ether oxygens (including phenoxy) is 2. The zero-order valence-corrected chi connectivity index (χ0v) is 15.3. The average molecular weight is 367 g/mol. The Morgan fingerprint density at radius 3 is 2.37 bits per heavy atom. The molecule has 1 aliphatic heterocycles. The van der Waals surface area contributed by atoms with Crippen LogP contribution in [0.5, 0.6) is 5.75 Å². The molecule has 0 saturated carbocycles. The number of hydrogen-bond acceptors (Lipinski definition) is 5. The molecule has 6 heteroatoms. The van der Waals surface area contributed by atoms with Crippen LogP contribution in [-0.4, -0.2) is 37.9 Å². The van der Waals surface area contributed by atoms with Crippen molar-refractivity contribution in [1.82, 2.24) is 0 Å². The number of amides is 1. The van der Waals surface area contributed by atoms with Gasteiger partial charge in [-0.3, -0.25) is 14.4 Å². The lowest BCUT2D eigenvalue weighted by molar-refractivity contribution is -0.147. The van der Waals surface area contributed by atoms with Gasteiger partial charge in [-0.1, -0.05) is 29.8 Å². The molecule has 0 aliphatic carbocycles. The molecule has 2 aromatic rings. The number of esters is 1. The molecule has 1 aliphatic rings. The van der Waals surface area contributed by atoms with E-state index in [0.29, 0.717) is 17.0 Å². The quantitative estimate of drug-likeness (QED) is 0.580. The van der Waals surface area contributed by atoms with Gasteiger partial charge in [0.15, 0.2) is 12.4 Å². The first-order valence-corrected chi connectivity index (χ1v) is 8.69. The summed E-state index contributed by atoms with van der Waals surface area (Å²) in [7, 11) is 1.57. The van der Waals surface area contributed by atoms with Crippen LogP contribution in [0.2, 0.25) is 0 Å². The maximum atomic E-state index is 12.3. The van der Waals surface area contributed by atoms with E-state index in [2.05, 4.69) is 0 Å². The Bertz CT molecular complexity index is 842. The minimum Gasteiger partial charge on any atom is -0.497 e. The van der Waals surface area contributed by atoms with E-state index in [0.717, 1.165) is 5.56 Å². The lowest BCUT2D eigenvalue weighted by Gasteiger charge is -2.16. The molecule has 1 amide bonds. The molecule has 0 unspecified atom stereocenters. The third-order valence-corrected chi connectivity index (χ3v) is 4.56. The number of anilines is 1. The summed E-state index contributed by atoms with van der Waals surface area (Å²) < 4.78 is 10.3. The van der Waals surface area contributed by atoms with E-state index in [1.54, 1.807) is 48.4 Å². The Morgan fingerprint density at radius 1 is 1.07 bits per heavy atom. The third kappa shape index (κ3) is 4.34. The van der Waals surface area contributed by atoms with E-state index < -0.39 is 11.9 Å². The predicted octanol–water partition coefficient (Wildman–Crippen LogP) is 2.78. The molecule has 0 N–H and O–H groups in total. The van der Waals surface area contributed by atoms with Crippen molar-refractivity contribution in [2.24, 2.45) is 5.92 Å². The van der Waals surface area contributed by atoms with Crippen molar-refractivity contribution in [3.63, 3.8) is 0 Å². The van der Waals surface area contributed by atoms with Crippen LogP contribution in [-0.2, 0) is 14.3 Å². The fraction of sp³-hybridized carbons (Fsp3) is 0.286. The van der Waals surface area contributed by atoms with Crippen LogP contribution >= 0.6 is 0 Å². The summed E-state index contributed by atoms with van der Waals surface area (Å²) in [5.41, 5.74) is 2.24. The maximum Gasteiger partial charge on any atom is 0.311 e. The van der Waals surface area contributed by atoms with Crippen molar-refractivity contribution in [2.45, 2.75) is 13.3 Å². The minimum absolute atomic E-state index is 0.0730. The van der Waals surface area contributed by atoms with Gasteiger partial charge in [0.05, 0.1) is 13.0 Å². The largest absolute Gasteiger partial charge is 0.497 e. The van der Waals surface area contributed by atoms with Gasteiger partial charge in [0.2, 0.25) is 5.91 Å². The smallest absolute Gasteiger partial charge is 0.311 e. The summed E-state index contributed by atoms with van der Waals surface area (Å²) >= 11 is 0. The molecule has 0 radical (unpaired) electrons. The molecule has 2 aromatic carbocycles. The SMILES string of the molecule is COc1ccc(N2C[C@H](C(=O)OCC(=O)c3ccc(C)cc3)CC2=O)cc1. The van der Waals surface area contributed by atoms with E-state index in [9.17, 15) is 14.4 Å². The van der Waals surface area contributed by atoms with Crippen molar-refractivity contribution in [3.8, 4) is 5.75 Å². The second-order valence-corrected chi connectivity index (χ2v) is 6.50. The predicted molar refractivity (Wildman–Crippen MR) is 99.9 cm³/mol. The van der Waals surface area contributed by atoms with Gasteiger partial charge < -0.3 is 14.4 Å². The van der Waals surface area contributed by atoms with E-state index in [1.807, 2.05) is 19.1 Å². The molecule has 0 aromatic heterocycles. The second kappa shape index (κ2) is 8.03. The van der Waals surface area contributed by atoms with Gasteiger partial charge in [-0.15, -0.1) is 0 Å². The zero-order valence-electron chi connectivity index (χ0n) is 15.3. The molecule has 1 heterocycles. The Balaban J connectivity index is 1.56. The van der Waals surface area contributed by atoms with Gasteiger partial charge in [-0.05, 0) is 31.2 Å². The van der Waals surface area contributed by atoms with Gasteiger partial charge >= 0.3 is 5.97 Å². The highest BCUT2D eigenvalue weighted by Gasteiger charge is 2.36. The summed E-state index contributed by atoms with van der Waals surface area (Å²) in [5.74, 6) is -0.826. The van der Waals surface area contributed by atoms with E-state index in [1.165, 1.54) is 0 Å². The number of nitrogens with zero attached hydrogens (tertiary/aromatic N) is 1. The number of carbonyl (C=O) groups excluding carboxylic acids is 3. The third-order valence-electron chi connectivity index (χ3n) is 4.56. The maximum absolute atomic E-state index is 12.3. The van der Waals surface area contributed by atoms with Crippen LogP contribution in [0.15, 0.2) is 48.5 Å². The Kier molecular flexibility index (Phi) is 5.54. The fourth-order valence-electron chi connectivity index (χ4n) is 2.95. The lowest BCUT2D eigenvalue weighted by Crippen LogP contribution is -2.27. The molecule has 1 saturated heterocycles. The van der Waals surface area contributed by atoms with Crippen LogP contribution in [0.3, 0.4) is 0 Å². The standard InChI is InChI=1S/C21H21NO5/c1-14-3-5-15(6-4-14)19(23)13-27-21(25)16-11-20(24)22(12-16)17-7-9-18(26-2)10-8-17/h3-10,16H,11-13H2,1-2H3/t16-/m1/s1. The number of rotatable bonds is 6. The van der Waals surface area contributed by atoms with Crippen LogP contribution < -0.4 is 9.64 Å². The van der Waals surface area contributed by atoms with E-state index >= 15 is 0 Å². The Labute approximate surface area is 157 Å². The topological polar surface area (TPSA) is 72.9 Å². The van der Waals surface area contributed by atoms with Crippen molar-refractivity contribution >= 4 is 23.3 Å². The highest BCUT2D eigenvalue weighted by atomic mass is 16.5. The highest BCUT2D eigenvalue weighted by molar-refractivity contribution is 6.01. The second-order valence-electron chi connectivity index (χ2n) is 6.50. The van der Waals surface area contributed by atoms with Crippen molar-refractivity contribution in [2.75, 3.05) is 25.2 Å². The first-order chi connectivity index (χ1) is 13.0. The molecule has 27 heavy (non-hydrogen) atoms. The normalized spacial score (nSPS) is 16.3. The number of aryl methyl sites for hydroxylation is 1. The summed E-state index contributed by atoms with van der Waals surface area (Å²) in [5, 5.41) is 0. The summed E-state index contributed by atoms with van der Waals surface area (Å²) in [6, 6.07) is 14.1. The van der Waals surface area contributed by atoms with Crippen LogP contribution in [0.4, 0.5) is 5.69 Å². The van der Waals surface area contributed by atoms with Crippen molar-refractivity contribution in [1.29, 1.82) is 0 Å². The number of Topliss-reactive ketones (excluding diaryl/α,β-unsaturated/α-hetero) is 1. The Hall–Kier alpha value is -3.15. The molecule has 140 valence electrons. The number of methoxy groups -OCH3 is 1. The first-order valence-electron chi connectivity index (χ1n) is 8.69. The first kappa shape index (κ1) is 18.6. The molecule has 1 fully saturated rings. The van der Waals surface area contributed by atoms with E-state index in [4.69, 9.17) is 9.47 Å². The molecule has 1 atom stereocenters. The van der Waals surface area contributed by atoms with Crippen molar-refractivity contribution < 1.29 is 23.9 Å². The van der Waals surface area contributed by atoms with Crippen molar-refractivity contribution in [3.05, 3.63) is 59.7 Å². The molecular weight excluding hydrogens is 346 g/mol. The lowest BCUT2D eigenvalue weighted by atomic mass is 10.1. The molecule has 0 bridgehead atoms. The van der Waals surface area contributed by atoms with E-state index in [-0.39, 0.29) is 31.3 Å². The number of ketones is 1. The summed E-state index contributed by atoms with van der Waals surface area (Å²) in [6.07, 6.45) is 0.0730. The number of benzene rings is 2. The highest BCUT2D eigenvalue weighted by Crippen LogP contribution is 2.27. The molecule has 6 nitrogen and oxygen atoms in total. The average Bonchev–Trinajstić information content (AvgIpc) is 3.08. The van der Waals surface area contributed by atoms with Crippen LogP contribution in [0.25, 0.3) is 0 Å². The molecule has 0 spiro atoms. The summed E-state index contributed by atoms with van der Waals surface area (Å²) in [6.45, 7) is 1.85. The van der Waals surface area contributed by atoms with Gasteiger partial charge in [-0.25, -0.2) is 0 Å². The van der Waals surface area contributed by atoms with Gasteiger partial charge in [0, 0.05) is 24.2 Å². The zero-order chi connectivity index (χ0) is 19.4. The Morgan fingerprint density at radius 2 is 1.74 bits per heavy atom. The summed E-state index contributed by atoms with van der Waals surface area (Å²) in [4.78, 5) is 38.2. The van der Waals surface area contributed by atoms with Gasteiger partial charge in [0.1, 0.15) is 5.75 Å². The molecular formula is C21H21NO5. The minimum atomic E-state index is -0.578. The van der Waals surface area contributed by atoms with Gasteiger partial charge in [0.25, 0.3) is 0 Å². The van der Waals surface area contributed by atoms with Gasteiger partial charge in [-0.2, -0.15) is 0 Å². The number of hydrogen-bond donors (Lipinski definition) is 0. The monoisotopic (exact) mass is 367 g/mol. The molecule has 3 rings (SSSR count).